The molecule has 2 amide bonds. The molecule has 244 valence electrons. The van der Waals surface area contributed by atoms with Crippen LogP contribution in [0.5, 0.6) is 0 Å². The van der Waals surface area contributed by atoms with Gasteiger partial charge in [-0.15, -0.1) is 11.3 Å². The molecule has 0 saturated heterocycles. The molecule has 0 aliphatic heterocycles. The molecule has 0 atom stereocenters. The molecule has 6 aromatic rings. The number of rotatable bonds is 9. The van der Waals surface area contributed by atoms with Crippen LogP contribution in [0.25, 0.3) is 26.3 Å². The fourth-order valence-electron chi connectivity index (χ4n) is 5.60. The summed E-state index contributed by atoms with van der Waals surface area (Å²) in [6.45, 7) is 0.495. The number of amides is 2. The summed E-state index contributed by atoms with van der Waals surface area (Å²) in [5.74, 6) is -1.58. The van der Waals surface area contributed by atoms with E-state index in [1.54, 1.807) is 56.6 Å². The smallest absolute Gasteiger partial charge is 0.331 e. The van der Waals surface area contributed by atoms with Gasteiger partial charge in [0, 0.05) is 43.3 Å². The first-order valence-electron chi connectivity index (χ1n) is 15.2. The van der Waals surface area contributed by atoms with E-state index >= 15 is 8.78 Å². The van der Waals surface area contributed by atoms with Crippen molar-refractivity contribution in [2.75, 3.05) is 26.5 Å². The Morgan fingerprint density at radius 3 is 2.02 bits per heavy atom. The number of anilines is 1. The zero-order valence-corrected chi connectivity index (χ0v) is 27.4. The van der Waals surface area contributed by atoms with Crippen molar-refractivity contribution in [1.29, 1.82) is 0 Å². The number of urea groups is 1. The predicted molar refractivity (Wildman–Crippen MR) is 187 cm³/mol. The number of para-hydroxylation sites is 1. The summed E-state index contributed by atoms with van der Waals surface area (Å²) in [6, 6.07) is 28.9. The highest BCUT2D eigenvalue weighted by Crippen LogP contribution is 2.39. The quantitative estimate of drug-likeness (QED) is 0.182. The summed E-state index contributed by atoms with van der Waals surface area (Å²) in [4.78, 5) is 45.4. The van der Waals surface area contributed by atoms with E-state index in [1.165, 1.54) is 26.9 Å². The lowest BCUT2D eigenvalue weighted by Crippen LogP contribution is -2.39. The standard InChI is InChI=1S/C37H33F2N5O3S/c1-41(2)36(46)40-26-19-17-25(18-20-26)33-29(22-42(3)21-24-11-6-4-7-12-24)32-34(45)44(27-13-8-5-9-14-27)37(47)43(35(32)48-33)23-28-30(38)15-10-16-31(28)39/h4-20H,21-23H2,1-3H3,(H,40,46). The fraction of sp³-hybridized carbons (Fsp3) is 0.162. The summed E-state index contributed by atoms with van der Waals surface area (Å²) in [5.41, 5.74) is 1.93. The number of hydrogen-bond donors (Lipinski definition) is 1. The lowest BCUT2D eigenvalue weighted by molar-refractivity contribution is 0.230. The van der Waals surface area contributed by atoms with Crippen molar-refractivity contribution in [3.8, 4) is 16.1 Å². The third kappa shape index (κ3) is 6.55. The first-order chi connectivity index (χ1) is 23.1. The Kier molecular flexibility index (Phi) is 9.33. The van der Waals surface area contributed by atoms with Gasteiger partial charge in [0.15, 0.2) is 0 Å². The van der Waals surface area contributed by atoms with Gasteiger partial charge in [-0.2, -0.15) is 0 Å². The van der Waals surface area contributed by atoms with Crippen LogP contribution in [-0.2, 0) is 19.6 Å². The molecule has 0 aliphatic carbocycles. The van der Waals surface area contributed by atoms with Gasteiger partial charge in [-0.05, 0) is 60.1 Å². The van der Waals surface area contributed by atoms with Crippen LogP contribution < -0.4 is 16.6 Å². The maximum absolute atomic E-state index is 15.0. The first kappa shape index (κ1) is 32.5. The second-order valence-corrected chi connectivity index (χ2v) is 12.7. The average molecular weight is 666 g/mol. The van der Waals surface area contributed by atoms with Gasteiger partial charge in [-0.3, -0.25) is 14.3 Å². The molecule has 0 fully saturated rings. The summed E-state index contributed by atoms with van der Waals surface area (Å²) < 4.78 is 32.4. The summed E-state index contributed by atoms with van der Waals surface area (Å²) in [7, 11) is 5.24. The van der Waals surface area contributed by atoms with E-state index < -0.39 is 29.4 Å². The van der Waals surface area contributed by atoms with Crippen LogP contribution in [0.1, 0.15) is 16.7 Å². The zero-order chi connectivity index (χ0) is 33.9. The minimum absolute atomic E-state index is 0.279. The average Bonchev–Trinajstić information content (AvgIpc) is 3.44. The lowest BCUT2D eigenvalue weighted by Gasteiger charge is -2.18. The number of nitrogens with zero attached hydrogens (tertiary/aromatic N) is 4. The molecule has 0 spiro atoms. The molecule has 4 aromatic carbocycles. The second-order valence-electron chi connectivity index (χ2n) is 11.7. The van der Waals surface area contributed by atoms with Gasteiger partial charge in [-0.25, -0.2) is 22.9 Å². The molecule has 48 heavy (non-hydrogen) atoms. The summed E-state index contributed by atoms with van der Waals surface area (Å²) >= 11 is 1.22. The highest BCUT2D eigenvalue weighted by atomic mass is 32.1. The van der Waals surface area contributed by atoms with E-state index in [1.807, 2.05) is 49.5 Å². The molecule has 2 heterocycles. The fourth-order valence-corrected chi connectivity index (χ4v) is 6.90. The van der Waals surface area contributed by atoms with Crippen molar-refractivity contribution in [2.24, 2.45) is 0 Å². The van der Waals surface area contributed by atoms with E-state index in [-0.39, 0.29) is 11.6 Å². The van der Waals surface area contributed by atoms with E-state index in [0.29, 0.717) is 40.2 Å². The van der Waals surface area contributed by atoms with Gasteiger partial charge in [0.25, 0.3) is 5.56 Å². The number of nitrogens with one attached hydrogen (secondary N) is 1. The normalized spacial score (nSPS) is 11.3. The molecule has 0 bridgehead atoms. The third-order valence-electron chi connectivity index (χ3n) is 7.99. The molecule has 0 unspecified atom stereocenters. The molecule has 8 nitrogen and oxygen atoms in total. The number of hydrogen-bond acceptors (Lipinski definition) is 5. The number of benzene rings is 4. The highest BCUT2D eigenvalue weighted by Gasteiger charge is 2.25. The summed E-state index contributed by atoms with van der Waals surface area (Å²) in [5, 5.41) is 3.11. The monoisotopic (exact) mass is 665 g/mol. The number of aromatic nitrogens is 2. The SMILES string of the molecule is CN(Cc1ccccc1)Cc1c(-c2ccc(NC(=O)N(C)C)cc2)sc2c1c(=O)n(-c1ccccc1)c(=O)n2Cc1c(F)cccc1F. The van der Waals surface area contributed by atoms with E-state index in [0.717, 1.165) is 32.7 Å². The first-order valence-corrected chi connectivity index (χ1v) is 16.0. The van der Waals surface area contributed by atoms with Crippen molar-refractivity contribution in [3.05, 3.63) is 152 Å². The predicted octanol–water partition coefficient (Wildman–Crippen LogP) is 6.93. The van der Waals surface area contributed by atoms with E-state index in [4.69, 9.17) is 0 Å². The number of thiophene rings is 1. The minimum atomic E-state index is -0.789. The van der Waals surface area contributed by atoms with Crippen molar-refractivity contribution < 1.29 is 13.6 Å². The Bertz CT molecular complexity index is 2190. The highest BCUT2D eigenvalue weighted by molar-refractivity contribution is 7.22. The van der Waals surface area contributed by atoms with Gasteiger partial charge < -0.3 is 10.2 Å². The van der Waals surface area contributed by atoms with Crippen LogP contribution in [-0.4, -0.2) is 46.1 Å². The van der Waals surface area contributed by atoms with Gasteiger partial charge in [0.1, 0.15) is 16.5 Å². The number of carbonyl (C=O) groups is 1. The van der Waals surface area contributed by atoms with Crippen LogP contribution in [0.15, 0.2) is 113 Å². The van der Waals surface area contributed by atoms with Crippen molar-refractivity contribution in [2.45, 2.75) is 19.6 Å². The number of carbonyl (C=O) groups excluding carboxylic acids is 1. The number of fused-ring (bicyclic) bond motifs is 1. The molecule has 6 rings (SSSR count). The van der Waals surface area contributed by atoms with Crippen molar-refractivity contribution in [1.82, 2.24) is 18.9 Å². The van der Waals surface area contributed by atoms with Crippen molar-refractivity contribution in [3.63, 3.8) is 0 Å². The zero-order valence-electron chi connectivity index (χ0n) is 26.6. The van der Waals surface area contributed by atoms with Crippen LogP contribution in [0.3, 0.4) is 0 Å². The minimum Gasteiger partial charge on any atom is -0.331 e. The second kappa shape index (κ2) is 13.8. The Morgan fingerprint density at radius 1 is 0.771 bits per heavy atom. The van der Waals surface area contributed by atoms with Crippen LogP contribution >= 0.6 is 11.3 Å². The van der Waals surface area contributed by atoms with Gasteiger partial charge in [0.2, 0.25) is 0 Å². The molecule has 2 aromatic heterocycles. The van der Waals surface area contributed by atoms with Crippen LogP contribution in [0, 0.1) is 11.6 Å². The topological polar surface area (TPSA) is 79.6 Å². The van der Waals surface area contributed by atoms with E-state index in [2.05, 4.69) is 10.2 Å². The molecular weight excluding hydrogens is 633 g/mol. The Morgan fingerprint density at radius 2 is 1.40 bits per heavy atom. The van der Waals surface area contributed by atoms with Gasteiger partial charge in [0.05, 0.1) is 17.6 Å². The van der Waals surface area contributed by atoms with Gasteiger partial charge in [-0.1, -0.05) is 66.7 Å². The molecule has 1 N–H and O–H groups in total. The maximum Gasteiger partial charge on any atom is 0.337 e. The van der Waals surface area contributed by atoms with Crippen LogP contribution in [0.4, 0.5) is 19.3 Å². The van der Waals surface area contributed by atoms with Crippen LogP contribution in [0.2, 0.25) is 0 Å². The van der Waals surface area contributed by atoms with E-state index in [9.17, 15) is 14.4 Å². The summed E-state index contributed by atoms with van der Waals surface area (Å²) in [6.07, 6.45) is 0. The largest absolute Gasteiger partial charge is 0.337 e. The Hall–Kier alpha value is -5.39. The molecule has 0 aliphatic rings. The van der Waals surface area contributed by atoms with Gasteiger partial charge >= 0.3 is 11.7 Å². The Balaban J connectivity index is 1.59. The van der Waals surface area contributed by atoms with Crippen molar-refractivity contribution >= 4 is 33.3 Å². The molecular formula is C37H33F2N5O3S. The number of halogens is 2. The molecule has 0 saturated carbocycles. The molecule has 11 heteroatoms. The molecule has 0 radical (unpaired) electrons. The third-order valence-corrected chi connectivity index (χ3v) is 9.30. The Labute approximate surface area is 279 Å². The maximum atomic E-state index is 15.0. The lowest BCUT2D eigenvalue weighted by atomic mass is 10.1.